The van der Waals surface area contributed by atoms with Gasteiger partial charge in [0.1, 0.15) is 0 Å². The molecule has 0 amide bonds. The number of aromatic nitrogens is 1. The molecule has 2 aromatic rings. The van der Waals surface area contributed by atoms with Gasteiger partial charge in [-0.25, -0.2) is 0 Å². The number of nitrogens with zero attached hydrogens (tertiary/aromatic N) is 2. The van der Waals surface area contributed by atoms with Crippen LogP contribution in [-0.4, -0.2) is 63.0 Å². The van der Waals surface area contributed by atoms with Crippen molar-refractivity contribution in [3.8, 4) is 11.5 Å². The molecule has 1 aromatic carbocycles. The first-order valence-electron chi connectivity index (χ1n) is 11.5. The van der Waals surface area contributed by atoms with Gasteiger partial charge in [0, 0.05) is 41.8 Å². The Morgan fingerprint density at radius 3 is 2.77 bits per heavy atom. The lowest BCUT2D eigenvalue weighted by molar-refractivity contribution is -0.0248. The van der Waals surface area contributed by atoms with Crippen molar-refractivity contribution in [1.29, 1.82) is 0 Å². The minimum Gasteiger partial charge on any atom is -0.493 e. The van der Waals surface area contributed by atoms with Gasteiger partial charge in [0.05, 0.1) is 32.4 Å². The Morgan fingerprint density at radius 2 is 2.00 bits per heavy atom. The molecule has 0 bridgehead atoms. The topological polar surface area (TPSA) is 55.9 Å². The number of pyridine rings is 1. The fourth-order valence-electron chi connectivity index (χ4n) is 4.87. The van der Waals surface area contributed by atoms with Crippen molar-refractivity contribution in [1.82, 2.24) is 9.88 Å². The zero-order chi connectivity index (χ0) is 20.3. The van der Waals surface area contributed by atoms with Gasteiger partial charge in [-0.3, -0.25) is 4.98 Å². The molecular weight excluding hydrogens is 378 g/mol. The summed E-state index contributed by atoms with van der Waals surface area (Å²) in [6.45, 7) is 6.95. The van der Waals surface area contributed by atoms with Gasteiger partial charge in [0.25, 0.3) is 0 Å². The summed E-state index contributed by atoms with van der Waals surface area (Å²) in [6.07, 6.45) is 7.04. The number of benzene rings is 1. The number of fused-ring (bicyclic) bond motifs is 2. The van der Waals surface area contributed by atoms with Crippen LogP contribution in [0.25, 0.3) is 10.9 Å². The molecule has 1 aliphatic carbocycles. The highest BCUT2D eigenvalue weighted by atomic mass is 16.5. The smallest absolute Gasteiger partial charge is 0.163 e. The molecule has 0 saturated carbocycles. The minimum absolute atomic E-state index is 0.602. The van der Waals surface area contributed by atoms with E-state index in [1.807, 2.05) is 0 Å². The zero-order valence-electron chi connectivity index (χ0n) is 18.0. The molecular formula is C24H33N3O3. The number of rotatable bonds is 9. The average Bonchev–Trinajstić information content (AvgIpc) is 3.40. The molecule has 1 aromatic heterocycles. The molecule has 5 rings (SSSR count). The van der Waals surface area contributed by atoms with E-state index >= 15 is 0 Å². The highest BCUT2D eigenvalue weighted by Crippen LogP contribution is 2.39. The van der Waals surface area contributed by atoms with Crippen molar-refractivity contribution in [3.05, 3.63) is 23.4 Å². The van der Waals surface area contributed by atoms with Crippen molar-refractivity contribution in [2.75, 3.05) is 58.4 Å². The lowest BCUT2D eigenvalue weighted by Crippen LogP contribution is -2.33. The Kier molecular flexibility index (Phi) is 5.95. The Morgan fingerprint density at radius 1 is 1.13 bits per heavy atom. The maximum Gasteiger partial charge on any atom is 0.163 e. The van der Waals surface area contributed by atoms with Crippen LogP contribution in [0.1, 0.15) is 36.9 Å². The van der Waals surface area contributed by atoms with Crippen LogP contribution < -0.4 is 14.8 Å². The Labute approximate surface area is 178 Å². The number of likely N-dealkylation sites (tertiary alicyclic amines) is 1. The highest BCUT2D eigenvalue weighted by molar-refractivity contribution is 5.96. The molecule has 3 aliphatic rings. The number of nitrogens with one attached hydrogen (secondary N) is 1. The third-order valence-corrected chi connectivity index (χ3v) is 6.65. The molecule has 2 aliphatic heterocycles. The lowest BCUT2D eigenvalue weighted by atomic mass is 10.0. The van der Waals surface area contributed by atoms with Crippen LogP contribution in [0, 0.1) is 5.92 Å². The van der Waals surface area contributed by atoms with Gasteiger partial charge in [0.15, 0.2) is 11.5 Å². The monoisotopic (exact) mass is 411 g/mol. The molecule has 2 saturated heterocycles. The standard InChI is InChI=1S/C24H33N3O3/c1-28-22-12-19-21(13-23(22)30-11-5-10-27-8-2-3-9-27)26-20-7-4-6-18(20)24(19)25-14-17-15-29-16-17/h12-13,17H,2-11,14-16H2,1H3,(H,25,26). The SMILES string of the molecule is COc1cc2c(NCC3COC3)c3c(nc2cc1OCCCN1CCCC1)CCC3. The minimum atomic E-state index is 0.602. The Hall–Kier alpha value is -2.05. The predicted molar refractivity (Wildman–Crippen MR) is 119 cm³/mol. The van der Waals surface area contributed by atoms with Gasteiger partial charge in [-0.1, -0.05) is 0 Å². The van der Waals surface area contributed by atoms with E-state index in [4.69, 9.17) is 19.2 Å². The van der Waals surface area contributed by atoms with Crippen molar-refractivity contribution in [3.63, 3.8) is 0 Å². The van der Waals surface area contributed by atoms with E-state index in [1.165, 1.54) is 49.3 Å². The highest BCUT2D eigenvalue weighted by Gasteiger charge is 2.24. The van der Waals surface area contributed by atoms with Gasteiger partial charge in [0.2, 0.25) is 0 Å². The summed E-state index contributed by atoms with van der Waals surface area (Å²) in [5, 5.41) is 4.86. The normalized spacial score (nSPS) is 19.1. The number of methoxy groups -OCH3 is 1. The summed E-state index contributed by atoms with van der Waals surface area (Å²) in [7, 11) is 1.72. The second-order valence-corrected chi connectivity index (χ2v) is 8.82. The summed E-state index contributed by atoms with van der Waals surface area (Å²) in [6, 6.07) is 4.18. The van der Waals surface area contributed by atoms with Crippen LogP contribution in [0.3, 0.4) is 0 Å². The molecule has 0 atom stereocenters. The molecule has 6 nitrogen and oxygen atoms in total. The van der Waals surface area contributed by atoms with E-state index in [0.717, 1.165) is 68.0 Å². The number of anilines is 1. The molecule has 0 spiro atoms. The molecule has 162 valence electrons. The maximum absolute atomic E-state index is 6.15. The van der Waals surface area contributed by atoms with E-state index in [-0.39, 0.29) is 0 Å². The fraction of sp³-hybridized carbons (Fsp3) is 0.625. The van der Waals surface area contributed by atoms with Crippen LogP contribution >= 0.6 is 0 Å². The Bertz CT molecular complexity index is 891. The fourth-order valence-corrected chi connectivity index (χ4v) is 4.87. The molecule has 3 heterocycles. The van der Waals surface area contributed by atoms with E-state index in [1.54, 1.807) is 7.11 Å². The van der Waals surface area contributed by atoms with Crippen molar-refractivity contribution in [2.45, 2.75) is 38.5 Å². The van der Waals surface area contributed by atoms with E-state index in [9.17, 15) is 0 Å². The van der Waals surface area contributed by atoms with Crippen molar-refractivity contribution < 1.29 is 14.2 Å². The van der Waals surface area contributed by atoms with Crippen molar-refractivity contribution in [2.24, 2.45) is 5.92 Å². The first kappa shape index (κ1) is 19.9. The molecule has 0 unspecified atom stereocenters. The van der Waals surface area contributed by atoms with E-state index < -0.39 is 0 Å². The third kappa shape index (κ3) is 4.08. The number of ether oxygens (including phenoxy) is 3. The van der Waals surface area contributed by atoms with Crippen LogP contribution in [0.2, 0.25) is 0 Å². The zero-order valence-corrected chi connectivity index (χ0v) is 18.0. The van der Waals surface area contributed by atoms with E-state index in [2.05, 4.69) is 22.3 Å². The molecule has 1 N–H and O–H groups in total. The first-order valence-corrected chi connectivity index (χ1v) is 11.5. The van der Waals surface area contributed by atoms with Crippen LogP contribution in [-0.2, 0) is 17.6 Å². The second-order valence-electron chi connectivity index (χ2n) is 8.82. The molecule has 6 heteroatoms. The van der Waals surface area contributed by atoms with E-state index in [0.29, 0.717) is 12.5 Å². The summed E-state index contributed by atoms with van der Waals surface area (Å²) in [5.41, 5.74) is 4.85. The quantitative estimate of drug-likeness (QED) is 0.636. The van der Waals surface area contributed by atoms with Gasteiger partial charge in [-0.05, 0) is 63.2 Å². The first-order chi connectivity index (χ1) is 14.8. The third-order valence-electron chi connectivity index (χ3n) is 6.65. The predicted octanol–water partition coefficient (Wildman–Crippen LogP) is 3.66. The van der Waals surface area contributed by atoms with Crippen LogP contribution in [0.15, 0.2) is 12.1 Å². The van der Waals surface area contributed by atoms with Gasteiger partial charge in [-0.2, -0.15) is 0 Å². The maximum atomic E-state index is 6.15. The number of aryl methyl sites for hydroxylation is 1. The average molecular weight is 412 g/mol. The summed E-state index contributed by atoms with van der Waals surface area (Å²) in [5.74, 6) is 2.19. The summed E-state index contributed by atoms with van der Waals surface area (Å²) < 4.78 is 17.2. The molecule has 2 fully saturated rings. The molecule has 30 heavy (non-hydrogen) atoms. The number of hydrogen-bond donors (Lipinski definition) is 1. The largest absolute Gasteiger partial charge is 0.493 e. The lowest BCUT2D eigenvalue weighted by Gasteiger charge is -2.27. The molecule has 0 radical (unpaired) electrons. The van der Waals surface area contributed by atoms with Gasteiger partial charge >= 0.3 is 0 Å². The van der Waals surface area contributed by atoms with Crippen LogP contribution in [0.4, 0.5) is 5.69 Å². The summed E-state index contributed by atoms with van der Waals surface area (Å²) in [4.78, 5) is 7.52. The van der Waals surface area contributed by atoms with Gasteiger partial charge in [-0.15, -0.1) is 0 Å². The number of hydrogen-bond acceptors (Lipinski definition) is 6. The second kappa shape index (κ2) is 8.98. The van der Waals surface area contributed by atoms with Crippen LogP contribution in [0.5, 0.6) is 11.5 Å². The van der Waals surface area contributed by atoms with Crippen molar-refractivity contribution >= 4 is 16.6 Å². The Balaban J connectivity index is 1.36. The summed E-state index contributed by atoms with van der Waals surface area (Å²) >= 11 is 0. The van der Waals surface area contributed by atoms with Gasteiger partial charge < -0.3 is 24.4 Å².